The van der Waals surface area contributed by atoms with E-state index in [0.29, 0.717) is 43.2 Å². The van der Waals surface area contributed by atoms with Crippen LogP contribution in [0.3, 0.4) is 0 Å². The topological polar surface area (TPSA) is 126 Å². The zero-order valence-corrected chi connectivity index (χ0v) is 18.6. The molecule has 0 spiro atoms. The number of hydrogen-bond acceptors (Lipinski definition) is 5. The highest BCUT2D eigenvalue weighted by Gasteiger charge is 2.27. The van der Waals surface area contributed by atoms with Crippen molar-refractivity contribution in [1.29, 1.82) is 0 Å². The Morgan fingerprint density at radius 3 is 2.97 bits per heavy atom. The van der Waals surface area contributed by atoms with Crippen LogP contribution in [0.15, 0.2) is 46.4 Å². The number of fused-ring (bicyclic) bond motifs is 1. The van der Waals surface area contributed by atoms with Gasteiger partial charge in [-0.05, 0) is 44.4 Å². The molecule has 4 N–H and O–H groups in total. The van der Waals surface area contributed by atoms with E-state index in [1.54, 1.807) is 18.2 Å². The number of rotatable bonds is 6. The van der Waals surface area contributed by atoms with Crippen LogP contribution in [0.2, 0.25) is 0 Å². The van der Waals surface area contributed by atoms with E-state index in [0.717, 1.165) is 18.4 Å². The molecular formula is C21H29N5O4S. The molecule has 2 aliphatic rings. The van der Waals surface area contributed by atoms with Crippen molar-refractivity contribution in [3.05, 3.63) is 47.6 Å². The number of ether oxygens (including phenoxy) is 1. The van der Waals surface area contributed by atoms with Crippen molar-refractivity contribution in [2.24, 2.45) is 16.0 Å². The van der Waals surface area contributed by atoms with Gasteiger partial charge in [-0.2, -0.15) is 8.42 Å². The number of allylic oxidation sites excluding steroid dienone is 2. The lowest BCUT2D eigenvalue weighted by atomic mass is 9.99. The van der Waals surface area contributed by atoms with Gasteiger partial charge >= 0.3 is 16.2 Å². The van der Waals surface area contributed by atoms with Crippen LogP contribution in [-0.2, 0) is 10.2 Å². The van der Waals surface area contributed by atoms with Crippen molar-refractivity contribution < 1.29 is 17.9 Å². The van der Waals surface area contributed by atoms with Gasteiger partial charge in [-0.1, -0.05) is 24.3 Å². The molecule has 0 radical (unpaired) electrons. The van der Waals surface area contributed by atoms with Crippen molar-refractivity contribution in [2.75, 3.05) is 31.0 Å². The molecule has 1 unspecified atom stereocenters. The van der Waals surface area contributed by atoms with Crippen LogP contribution in [0.25, 0.3) is 0 Å². The van der Waals surface area contributed by atoms with E-state index in [9.17, 15) is 13.2 Å². The van der Waals surface area contributed by atoms with Gasteiger partial charge < -0.3 is 20.7 Å². The number of carbonyl (C=O) groups is 1. The standard InChI is InChI=1S/C21H29N5O4S/c1-3-7-15(4-2)12-23-21(27)26-11-6-8-16(13-26)14-30-18-10-5-9-17-19(18)20(22)25-31(28,29)24-17/h3-5,7,9-10,16,24H,6,8,11-14H2,1-2H3,(H2,22,25)(H,23,27). The fourth-order valence-corrected chi connectivity index (χ4v) is 4.54. The third kappa shape index (κ3) is 5.78. The van der Waals surface area contributed by atoms with Gasteiger partial charge in [0, 0.05) is 25.6 Å². The van der Waals surface area contributed by atoms with Crippen LogP contribution in [0, 0.1) is 5.92 Å². The van der Waals surface area contributed by atoms with E-state index in [1.807, 2.05) is 37.0 Å². The second kappa shape index (κ2) is 9.86. The quantitative estimate of drug-likeness (QED) is 0.577. The maximum Gasteiger partial charge on any atom is 0.344 e. The Hall–Kier alpha value is -3.01. The molecule has 2 heterocycles. The van der Waals surface area contributed by atoms with E-state index >= 15 is 0 Å². The molecule has 1 saturated heterocycles. The van der Waals surface area contributed by atoms with E-state index in [4.69, 9.17) is 10.5 Å². The Balaban J connectivity index is 1.59. The molecule has 1 aromatic rings. The van der Waals surface area contributed by atoms with Crippen LogP contribution < -0.4 is 20.5 Å². The van der Waals surface area contributed by atoms with Gasteiger partial charge in [0.1, 0.15) is 5.75 Å². The molecule has 9 nitrogen and oxygen atoms in total. The molecule has 2 aliphatic heterocycles. The number of likely N-dealkylation sites (tertiary alicyclic amines) is 1. The number of anilines is 1. The van der Waals surface area contributed by atoms with Gasteiger partial charge in [-0.3, -0.25) is 4.72 Å². The van der Waals surface area contributed by atoms with Gasteiger partial charge in [-0.25, -0.2) is 4.79 Å². The number of nitrogens with one attached hydrogen (secondary N) is 2. The summed E-state index contributed by atoms with van der Waals surface area (Å²) in [5.74, 6) is 0.521. The smallest absolute Gasteiger partial charge is 0.344 e. The van der Waals surface area contributed by atoms with Crippen LogP contribution in [0.5, 0.6) is 5.75 Å². The Bertz CT molecular complexity index is 1020. The summed E-state index contributed by atoms with van der Waals surface area (Å²) in [5.41, 5.74) is 7.70. The Morgan fingerprint density at radius 1 is 1.42 bits per heavy atom. The van der Waals surface area contributed by atoms with Gasteiger partial charge in [0.05, 0.1) is 17.9 Å². The first-order valence-corrected chi connectivity index (χ1v) is 11.7. The number of carbonyl (C=O) groups excluding carboxylic acids is 1. The van der Waals surface area contributed by atoms with E-state index in [-0.39, 0.29) is 17.8 Å². The molecule has 31 heavy (non-hydrogen) atoms. The van der Waals surface area contributed by atoms with Gasteiger partial charge in [-0.15, -0.1) is 4.40 Å². The molecule has 10 heteroatoms. The minimum atomic E-state index is -3.83. The van der Waals surface area contributed by atoms with Gasteiger partial charge in [0.15, 0.2) is 5.84 Å². The SMILES string of the molecule is CC=CC(=CC)CNC(=O)N1CCCC(COc2cccc3c2C(N)=NS(=O)(=O)N3)C1. The number of nitrogens with two attached hydrogens (primary N) is 1. The number of piperidine rings is 1. The monoisotopic (exact) mass is 447 g/mol. The van der Waals surface area contributed by atoms with Crippen molar-refractivity contribution in [1.82, 2.24) is 10.2 Å². The van der Waals surface area contributed by atoms with Crippen molar-refractivity contribution in [2.45, 2.75) is 26.7 Å². The van der Waals surface area contributed by atoms with Crippen molar-refractivity contribution in [3.8, 4) is 5.75 Å². The highest BCUT2D eigenvalue weighted by molar-refractivity contribution is 7.91. The fraction of sp³-hybridized carbons (Fsp3) is 0.429. The molecule has 1 fully saturated rings. The molecule has 1 atom stereocenters. The van der Waals surface area contributed by atoms with Gasteiger partial charge in [0.2, 0.25) is 0 Å². The molecule has 0 aliphatic carbocycles. The maximum atomic E-state index is 12.6. The molecule has 1 aromatic carbocycles. The summed E-state index contributed by atoms with van der Waals surface area (Å²) in [4.78, 5) is 14.4. The second-order valence-electron chi connectivity index (χ2n) is 7.52. The highest BCUT2D eigenvalue weighted by Crippen LogP contribution is 2.31. The average molecular weight is 448 g/mol. The first-order chi connectivity index (χ1) is 14.8. The second-order valence-corrected chi connectivity index (χ2v) is 8.86. The molecule has 0 bridgehead atoms. The summed E-state index contributed by atoms with van der Waals surface area (Å²) < 4.78 is 35.3. The van der Waals surface area contributed by atoms with E-state index < -0.39 is 10.2 Å². The predicted molar refractivity (Wildman–Crippen MR) is 121 cm³/mol. The zero-order valence-electron chi connectivity index (χ0n) is 17.8. The number of nitrogens with zero attached hydrogens (tertiary/aromatic N) is 2. The molecule has 3 rings (SSSR count). The summed E-state index contributed by atoms with van der Waals surface area (Å²) in [6.45, 7) is 6.06. The normalized spacial score (nSPS) is 20.6. The maximum absolute atomic E-state index is 12.6. The first kappa shape index (κ1) is 22.7. The lowest BCUT2D eigenvalue weighted by Gasteiger charge is -2.33. The number of benzene rings is 1. The van der Waals surface area contributed by atoms with E-state index in [2.05, 4.69) is 14.4 Å². The Kier molecular flexibility index (Phi) is 7.21. The van der Waals surface area contributed by atoms with E-state index in [1.165, 1.54) is 0 Å². The van der Waals surface area contributed by atoms with Crippen molar-refractivity contribution in [3.63, 3.8) is 0 Å². The lowest BCUT2D eigenvalue weighted by molar-refractivity contribution is 0.138. The Labute approximate surface area is 183 Å². The minimum Gasteiger partial charge on any atom is -0.492 e. The molecule has 0 saturated carbocycles. The number of hydrogen-bond donors (Lipinski definition) is 3. The zero-order chi connectivity index (χ0) is 22.4. The van der Waals surface area contributed by atoms with Crippen LogP contribution in [0.4, 0.5) is 10.5 Å². The molecular weight excluding hydrogens is 418 g/mol. The third-order valence-electron chi connectivity index (χ3n) is 5.22. The first-order valence-electron chi connectivity index (χ1n) is 10.3. The number of urea groups is 1. The molecule has 0 aromatic heterocycles. The van der Waals surface area contributed by atoms with Crippen LogP contribution in [-0.4, -0.2) is 51.4 Å². The van der Waals surface area contributed by atoms with Crippen molar-refractivity contribution >= 4 is 27.8 Å². The van der Waals surface area contributed by atoms with Gasteiger partial charge in [0.25, 0.3) is 0 Å². The minimum absolute atomic E-state index is 0.0866. The molecule has 168 valence electrons. The van der Waals surface area contributed by atoms with Crippen LogP contribution in [0.1, 0.15) is 32.3 Å². The lowest BCUT2D eigenvalue weighted by Crippen LogP contribution is -2.46. The van der Waals surface area contributed by atoms with Crippen LogP contribution >= 0.6 is 0 Å². The number of amides is 2. The summed E-state index contributed by atoms with van der Waals surface area (Å²) in [6, 6.07) is 4.95. The summed E-state index contributed by atoms with van der Waals surface area (Å²) in [5, 5.41) is 2.97. The molecule has 2 amide bonds. The number of amidine groups is 1. The summed E-state index contributed by atoms with van der Waals surface area (Å²) in [7, 11) is -3.83. The predicted octanol–water partition coefficient (Wildman–Crippen LogP) is 2.39. The Morgan fingerprint density at radius 2 is 2.23 bits per heavy atom. The fourth-order valence-electron chi connectivity index (χ4n) is 3.69. The summed E-state index contributed by atoms with van der Waals surface area (Å²) >= 11 is 0. The highest BCUT2D eigenvalue weighted by atomic mass is 32.2. The average Bonchev–Trinajstić information content (AvgIpc) is 2.74. The largest absolute Gasteiger partial charge is 0.492 e. The summed E-state index contributed by atoms with van der Waals surface area (Å²) in [6.07, 6.45) is 7.72. The third-order valence-corrected chi connectivity index (χ3v) is 6.13.